The molecular weight excluding hydrogens is 496 g/mol. The van der Waals surface area contributed by atoms with Gasteiger partial charge in [-0.25, -0.2) is 13.6 Å². The summed E-state index contributed by atoms with van der Waals surface area (Å²) >= 11 is 6.07. The molecule has 0 spiro atoms. The SMILES string of the molecule is CC(C)[C@H](NC(=O)c1cc(Cl)ccc1OCCNC(=O)OC(C)(C)C)C(=O)Nc1ccc(F)c(F)c1. The number of ether oxygens (including phenoxy) is 2. The minimum atomic E-state index is -1.11. The van der Waals surface area contributed by atoms with Crippen molar-refractivity contribution in [1.29, 1.82) is 0 Å². The zero-order valence-electron chi connectivity index (χ0n) is 20.7. The molecule has 2 rings (SSSR count). The number of rotatable bonds is 9. The van der Waals surface area contributed by atoms with E-state index in [-0.39, 0.29) is 41.1 Å². The van der Waals surface area contributed by atoms with E-state index in [4.69, 9.17) is 21.1 Å². The summed E-state index contributed by atoms with van der Waals surface area (Å²) in [5.41, 5.74) is -0.523. The number of nitrogens with one attached hydrogen (secondary N) is 3. The zero-order chi connectivity index (χ0) is 27.0. The second-order valence-electron chi connectivity index (χ2n) is 9.23. The number of benzene rings is 2. The van der Waals surface area contributed by atoms with Crippen molar-refractivity contribution in [1.82, 2.24) is 10.6 Å². The molecule has 0 saturated heterocycles. The van der Waals surface area contributed by atoms with E-state index in [0.717, 1.165) is 12.1 Å². The molecule has 2 aromatic rings. The molecule has 0 heterocycles. The van der Waals surface area contributed by atoms with E-state index in [0.29, 0.717) is 0 Å². The average molecular weight is 526 g/mol. The van der Waals surface area contributed by atoms with Crippen LogP contribution in [0.3, 0.4) is 0 Å². The maximum Gasteiger partial charge on any atom is 0.407 e. The average Bonchev–Trinajstić information content (AvgIpc) is 2.76. The number of alkyl carbamates (subject to hydrolysis) is 1. The van der Waals surface area contributed by atoms with Crippen LogP contribution < -0.4 is 20.7 Å². The van der Waals surface area contributed by atoms with Crippen LogP contribution in [0.5, 0.6) is 5.75 Å². The normalized spacial score (nSPS) is 12.0. The molecule has 0 aliphatic heterocycles. The Balaban J connectivity index is 2.07. The van der Waals surface area contributed by atoms with Crippen LogP contribution in [-0.2, 0) is 9.53 Å². The largest absolute Gasteiger partial charge is 0.491 e. The molecule has 0 aromatic heterocycles. The third-order valence-corrected chi connectivity index (χ3v) is 4.87. The number of halogens is 3. The van der Waals surface area contributed by atoms with Crippen molar-refractivity contribution in [3.8, 4) is 5.75 Å². The van der Waals surface area contributed by atoms with Crippen molar-refractivity contribution in [2.45, 2.75) is 46.3 Å². The highest BCUT2D eigenvalue weighted by molar-refractivity contribution is 6.31. The molecule has 36 heavy (non-hydrogen) atoms. The first-order chi connectivity index (χ1) is 16.8. The monoisotopic (exact) mass is 525 g/mol. The van der Waals surface area contributed by atoms with E-state index in [1.54, 1.807) is 34.6 Å². The summed E-state index contributed by atoms with van der Waals surface area (Å²) in [5.74, 6) is -3.56. The van der Waals surface area contributed by atoms with Gasteiger partial charge >= 0.3 is 6.09 Å². The van der Waals surface area contributed by atoms with Crippen molar-refractivity contribution in [2.24, 2.45) is 5.92 Å². The smallest absolute Gasteiger partial charge is 0.407 e. The Labute approximate surface area is 213 Å². The van der Waals surface area contributed by atoms with Crippen molar-refractivity contribution < 1.29 is 32.6 Å². The van der Waals surface area contributed by atoms with Gasteiger partial charge in [0.05, 0.1) is 12.1 Å². The molecule has 0 saturated carbocycles. The third kappa shape index (κ3) is 8.99. The fourth-order valence-electron chi connectivity index (χ4n) is 2.98. The van der Waals surface area contributed by atoms with Gasteiger partial charge in [-0.3, -0.25) is 9.59 Å². The Morgan fingerprint density at radius 2 is 1.72 bits per heavy atom. The predicted octanol–water partition coefficient (Wildman–Crippen LogP) is 4.91. The lowest BCUT2D eigenvalue weighted by Crippen LogP contribution is -2.47. The first-order valence-electron chi connectivity index (χ1n) is 11.2. The molecule has 3 N–H and O–H groups in total. The van der Waals surface area contributed by atoms with Crippen molar-refractivity contribution in [3.05, 3.63) is 58.6 Å². The Morgan fingerprint density at radius 3 is 2.33 bits per heavy atom. The van der Waals surface area contributed by atoms with E-state index in [1.165, 1.54) is 24.3 Å². The molecular formula is C25H30ClF2N3O5. The summed E-state index contributed by atoms with van der Waals surface area (Å²) in [7, 11) is 0. The minimum absolute atomic E-state index is 0.0331. The highest BCUT2D eigenvalue weighted by atomic mass is 35.5. The van der Waals surface area contributed by atoms with Crippen LogP contribution in [0, 0.1) is 17.6 Å². The fourth-order valence-corrected chi connectivity index (χ4v) is 3.15. The van der Waals surface area contributed by atoms with E-state index in [1.807, 2.05) is 0 Å². The van der Waals surface area contributed by atoms with Gasteiger partial charge in [-0.1, -0.05) is 25.4 Å². The van der Waals surface area contributed by atoms with Crippen LogP contribution in [0.2, 0.25) is 5.02 Å². The second-order valence-corrected chi connectivity index (χ2v) is 9.67. The summed E-state index contributed by atoms with van der Waals surface area (Å²) in [4.78, 5) is 37.6. The predicted molar refractivity (Wildman–Crippen MR) is 132 cm³/mol. The molecule has 0 bridgehead atoms. The maximum atomic E-state index is 13.5. The minimum Gasteiger partial charge on any atom is -0.491 e. The van der Waals surface area contributed by atoms with Crippen molar-refractivity contribution in [2.75, 3.05) is 18.5 Å². The first-order valence-corrected chi connectivity index (χ1v) is 11.6. The number of amides is 3. The van der Waals surface area contributed by atoms with E-state index in [9.17, 15) is 23.2 Å². The summed E-state index contributed by atoms with van der Waals surface area (Å²) in [6.45, 7) is 8.80. The quantitative estimate of drug-likeness (QED) is 0.403. The van der Waals surface area contributed by atoms with Crippen LogP contribution in [0.4, 0.5) is 19.3 Å². The molecule has 2 aromatic carbocycles. The Hall–Kier alpha value is -3.40. The zero-order valence-corrected chi connectivity index (χ0v) is 21.5. The van der Waals surface area contributed by atoms with Gasteiger partial charge in [0.15, 0.2) is 11.6 Å². The van der Waals surface area contributed by atoms with E-state index >= 15 is 0 Å². The number of hydrogen-bond donors (Lipinski definition) is 3. The second kappa shape index (κ2) is 12.5. The number of carbonyl (C=O) groups excluding carboxylic acids is 3. The highest BCUT2D eigenvalue weighted by Crippen LogP contribution is 2.24. The van der Waals surface area contributed by atoms with Gasteiger partial charge in [0.25, 0.3) is 5.91 Å². The van der Waals surface area contributed by atoms with Gasteiger partial charge in [0, 0.05) is 16.8 Å². The molecule has 1 atom stereocenters. The lowest BCUT2D eigenvalue weighted by Gasteiger charge is -2.22. The summed E-state index contributed by atoms with van der Waals surface area (Å²) < 4.78 is 37.5. The van der Waals surface area contributed by atoms with Crippen LogP contribution in [0.15, 0.2) is 36.4 Å². The van der Waals surface area contributed by atoms with E-state index in [2.05, 4.69) is 16.0 Å². The molecule has 0 radical (unpaired) electrons. The van der Waals surface area contributed by atoms with Crippen LogP contribution >= 0.6 is 11.6 Å². The fraction of sp³-hybridized carbons (Fsp3) is 0.400. The van der Waals surface area contributed by atoms with Crippen molar-refractivity contribution >= 4 is 35.2 Å². The van der Waals surface area contributed by atoms with E-state index < -0.39 is 41.2 Å². The topological polar surface area (TPSA) is 106 Å². The van der Waals surface area contributed by atoms with Gasteiger partial charge in [-0.15, -0.1) is 0 Å². The maximum absolute atomic E-state index is 13.5. The lowest BCUT2D eigenvalue weighted by atomic mass is 10.0. The van der Waals surface area contributed by atoms with Gasteiger partial charge in [0.1, 0.15) is 24.0 Å². The lowest BCUT2D eigenvalue weighted by molar-refractivity contribution is -0.118. The first kappa shape index (κ1) is 28.8. The Kier molecular flexibility index (Phi) is 10.0. The van der Waals surface area contributed by atoms with Gasteiger partial charge in [-0.05, 0) is 57.0 Å². The molecule has 0 aliphatic carbocycles. The molecule has 0 unspecified atom stereocenters. The molecule has 0 aliphatic rings. The number of anilines is 1. The Morgan fingerprint density at radius 1 is 1.03 bits per heavy atom. The standard InChI is InChI=1S/C25H30ClF2N3O5/c1-14(2)21(23(33)30-16-7-8-18(27)19(28)13-16)31-22(32)17-12-15(26)6-9-20(17)35-11-10-29-24(34)36-25(3,4)5/h6-9,12-14,21H,10-11H2,1-5H3,(H,29,34)(H,30,33)(H,31,32)/t21-/m0/s1. The summed E-state index contributed by atoms with van der Waals surface area (Å²) in [5, 5.41) is 7.92. The molecule has 0 fully saturated rings. The van der Waals surface area contributed by atoms with Gasteiger partial charge in [0.2, 0.25) is 5.91 Å². The van der Waals surface area contributed by atoms with Gasteiger partial charge in [-0.2, -0.15) is 0 Å². The van der Waals surface area contributed by atoms with Crippen LogP contribution in [0.1, 0.15) is 45.0 Å². The third-order valence-electron chi connectivity index (χ3n) is 4.64. The van der Waals surface area contributed by atoms with Crippen LogP contribution in [0.25, 0.3) is 0 Å². The summed E-state index contributed by atoms with van der Waals surface area (Å²) in [6.07, 6.45) is -0.605. The molecule has 11 heteroatoms. The summed E-state index contributed by atoms with van der Waals surface area (Å²) in [6, 6.07) is 6.36. The molecule has 8 nitrogen and oxygen atoms in total. The highest BCUT2D eigenvalue weighted by Gasteiger charge is 2.26. The number of hydrogen-bond acceptors (Lipinski definition) is 5. The Bertz CT molecular complexity index is 1110. The molecule has 3 amide bonds. The molecule has 196 valence electrons. The van der Waals surface area contributed by atoms with Crippen LogP contribution in [-0.4, -0.2) is 42.7 Å². The van der Waals surface area contributed by atoms with Gasteiger partial charge < -0.3 is 25.4 Å². The van der Waals surface area contributed by atoms with Crippen molar-refractivity contribution in [3.63, 3.8) is 0 Å². The number of carbonyl (C=O) groups is 3.